The maximum Gasteiger partial charge on any atom is 0.418 e. The third kappa shape index (κ3) is 5.40. The third-order valence-corrected chi connectivity index (χ3v) is 5.66. The van der Waals surface area contributed by atoms with Gasteiger partial charge in [0.1, 0.15) is 6.54 Å². The Morgan fingerprint density at radius 2 is 1.66 bits per heavy atom. The molecule has 0 aliphatic carbocycles. The molecule has 1 fully saturated rings. The fraction of sp³-hybridized carbons (Fsp3) is 0.261. The number of carbonyl (C=O) groups is 3. The number of carbonyl (C=O) groups excluding carboxylic acids is 3. The van der Waals surface area contributed by atoms with E-state index in [4.69, 9.17) is 0 Å². The number of alkyl halides is 3. The zero-order valence-electron chi connectivity index (χ0n) is 17.6. The van der Waals surface area contributed by atoms with Gasteiger partial charge in [0.05, 0.1) is 16.2 Å². The maximum absolute atomic E-state index is 13.1. The molecule has 32 heavy (non-hydrogen) atoms. The molecule has 0 saturated carbocycles. The summed E-state index contributed by atoms with van der Waals surface area (Å²) < 4.78 is 39.3. The Labute approximate surface area is 187 Å². The van der Waals surface area contributed by atoms with Crippen molar-refractivity contribution in [2.45, 2.75) is 32.4 Å². The number of imide groups is 1. The lowest BCUT2D eigenvalue weighted by atomic mass is 9.87. The predicted molar refractivity (Wildman–Crippen MR) is 118 cm³/mol. The van der Waals surface area contributed by atoms with Gasteiger partial charge in [-0.05, 0) is 46.5 Å². The lowest BCUT2D eigenvalue weighted by molar-refractivity contribution is -0.137. The van der Waals surface area contributed by atoms with Gasteiger partial charge in [-0.2, -0.15) is 13.2 Å². The fourth-order valence-corrected chi connectivity index (χ4v) is 3.88. The lowest BCUT2D eigenvalue weighted by Crippen LogP contribution is -2.36. The molecule has 0 aromatic heterocycles. The largest absolute Gasteiger partial charge is 0.418 e. The Kier molecular flexibility index (Phi) is 6.50. The van der Waals surface area contributed by atoms with Gasteiger partial charge in [0.15, 0.2) is 0 Å². The van der Waals surface area contributed by atoms with E-state index in [1.165, 1.54) is 12.1 Å². The number of thioether (sulfide) groups is 1. The third-order valence-electron chi connectivity index (χ3n) is 4.76. The van der Waals surface area contributed by atoms with Gasteiger partial charge >= 0.3 is 6.18 Å². The van der Waals surface area contributed by atoms with E-state index in [0.29, 0.717) is 22.2 Å². The summed E-state index contributed by atoms with van der Waals surface area (Å²) in [6, 6.07) is 12.0. The summed E-state index contributed by atoms with van der Waals surface area (Å²) in [6.07, 6.45) is -3.11. The van der Waals surface area contributed by atoms with Crippen LogP contribution >= 0.6 is 11.8 Å². The van der Waals surface area contributed by atoms with Crippen LogP contribution in [-0.4, -0.2) is 28.5 Å². The van der Waals surface area contributed by atoms with Crippen molar-refractivity contribution in [2.24, 2.45) is 0 Å². The van der Waals surface area contributed by atoms with E-state index in [1.54, 1.807) is 6.08 Å². The fourth-order valence-electron chi connectivity index (χ4n) is 3.04. The molecule has 1 aliphatic heterocycles. The molecule has 1 saturated heterocycles. The van der Waals surface area contributed by atoms with Gasteiger partial charge < -0.3 is 5.32 Å². The monoisotopic (exact) mass is 462 g/mol. The van der Waals surface area contributed by atoms with Crippen LogP contribution in [0.2, 0.25) is 0 Å². The van der Waals surface area contributed by atoms with Crippen molar-refractivity contribution in [3.8, 4) is 0 Å². The van der Waals surface area contributed by atoms with E-state index >= 15 is 0 Å². The van der Waals surface area contributed by atoms with Gasteiger partial charge in [-0.15, -0.1) is 0 Å². The van der Waals surface area contributed by atoms with Gasteiger partial charge in [-0.3, -0.25) is 19.3 Å². The van der Waals surface area contributed by atoms with E-state index in [1.807, 2.05) is 24.3 Å². The number of halogens is 3. The molecule has 5 nitrogen and oxygen atoms in total. The van der Waals surface area contributed by atoms with Crippen LogP contribution in [0.5, 0.6) is 0 Å². The second-order valence-electron chi connectivity index (χ2n) is 8.23. The number of benzene rings is 2. The zero-order valence-corrected chi connectivity index (χ0v) is 18.4. The molecule has 168 valence electrons. The molecule has 0 atom stereocenters. The summed E-state index contributed by atoms with van der Waals surface area (Å²) in [6.45, 7) is 5.54. The quantitative estimate of drug-likeness (QED) is 0.594. The van der Waals surface area contributed by atoms with Crippen molar-refractivity contribution in [2.75, 3.05) is 11.9 Å². The molecule has 3 rings (SSSR count). The highest BCUT2D eigenvalue weighted by Gasteiger charge is 2.37. The van der Waals surface area contributed by atoms with Crippen LogP contribution in [0.15, 0.2) is 53.4 Å². The zero-order chi connectivity index (χ0) is 23.7. The second kappa shape index (κ2) is 8.82. The number of anilines is 1. The SMILES string of the molecule is CC(C)(C)c1ccc(/C=C2\SC(=O)N(CC(=O)Nc3ccccc3C(F)(F)F)C2=O)cc1. The highest BCUT2D eigenvalue weighted by molar-refractivity contribution is 8.18. The van der Waals surface area contributed by atoms with Crippen molar-refractivity contribution in [3.63, 3.8) is 0 Å². The molecule has 2 aromatic carbocycles. The van der Waals surface area contributed by atoms with Crippen molar-refractivity contribution < 1.29 is 27.6 Å². The first kappa shape index (κ1) is 23.6. The van der Waals surface area contributed by atoms with Crippen molar-refractivity contribution >= 4 is 40.6 Å². The number of hydrogen-bond acceptors (Lipinski definition) is 4. The lowest BCUT2D eigenvalue weighted by Gasteiger charge is -2.18. The van der Waals surface area contributed by atoms with Gasteiger partial charge in [0.25, 0.3) is 11.1 Å². The molecule has 0 bridgehead atoms. The predicted octanol–water partition coefficient (Wildman–Crippen LogP) is 5.68. The van der Waals surface area contributed by atoms with Gasteiger partial charge in [-0.1, -0.05) is 57.2 Å². The van der Waals surface area contributed by atoms with E-state index in [9.17, 15) is 27.6 Å². The highest BCUT2D eigenvalue weighted by atomic mass is 32.2. The Morgan fingerprint density at radius 1 is 1.03 bits per heavy atom. The Hall–Kier alpha value is -3.07. The molecule has 2 aromatic rings. The van der Waals surface area contributed by atoms with Gasteiger partial charge in [-0.25, -0.2) is 0 Å². The second-order valence-corrected chi connectivity index (χ2v) is 9.22. The summed E-state index contributed by atoms with van der Waals surface area (Å²) in [5, 5.41) is 1.48. The molecule has 1 aliphatic rings. The summed E-state index contributed by atoms with van der Waals surface area (Å²) in [5.74, 6) is -1.57. The van der Waals surface area contributed by atoms with Crippen LogP contribution in [0.4, 0.5) is 23.7 Å². The van der Waals surface area contributed by atoms with E-state index in [2.05, 4.69) is 26.1 Å². The minimum Gasteiger partial charge on any atom is -0.324 e. The number of rotatable bonds is 4. The molecule has 9 heteroatoms. The number of amides is 3. The van der Waals surface area contributed by atoms with Crippen molar-refractivity contribution in [1.82, 2.24) is 4.90 Å². The molecule has 3 amide bonds. The van der Waals surface area contributed by atoms with Crippen LogP contribution in [-0.2, 0) is 21.2 Å². The number of nitrogens with zero attached hydrogens (tertiary/aromatic N) is 1. The van der Waals surface area contributed by atoms with E-state index in [0.717, 1.165) is 17.7 Å². The average Bonchev–Trinajstić information content (AvgIpc) is 2.94. The summed E-state index contributed by atoms with van der Waals surface area (Å²) in [4.78, 5) is 38.0. The van der Waals surface area contributed by atoms with E-state index < -0.39 is 41.0 Å². The molecular formula is C23H21F3N2O3S. The summed E-state index contributed by atoms with van der Waals surface area (Å²) in [5.41, 5.74) is 0.340. The maximum atomic E-state index is 13.1. The minimum absolute atomic E-state index is 0.0333. The van der Waals surface area contributed by atoms with Gasteiger partial charge in [0.2, 0.25) is 5.91 Å². The summed E-state index contributed by atoms with van der Waals surface area (Å²) in [7, 11) is 0. The standard InChI is InChI=1S/C23H21F3N2O3S/c1-22(2,3)15-10-8-14(9-11-15)12-18-20(30)28(21(31)32-18)13-19(29)27-17-7-5-4-6-16(17)23(24,25)26/h4-12H,13H2,1-3H3,(H,27,29)/b18-12-. The van der Waals surface area contributed by atoms with Gasteiger partial charge in [0, 0.05) is 0 Å². The first-order valence-corrected chi connectivity index (χ1v) is 10.5. The van der Waals surface area contributed by atoms with Crippen LogP contribution in [0.3, 0.4) is 0 Å². The first-order valence-electron chi connectivity index (χ1n) is 9.68. The minimum atomic E-state index is -4.66. The Morgan fingerprint density at radius 3 is 2.25 bits per heavy atom. The topological polar surface area (TPSA) is 66.5 Å². The average molecular weight is 462 g/mol. The smallest absolute Gasteiger partial charge is 0.324 e. The van der Waals surface area contributed by atoms with Crippen molar-refractivity contribution in [1.29, 1.82) is 0 Å². The van der Waals surface area contributed by atoms with Crippen LogP contribution in [0, 0.1) is 0 Å². The first-order chi connectivity index (χ1) is 14.9. The number of para-hydroxylation sites is 1. The molecular weight excluding hydrogens is 441 g/mol. The highest BCUT2D eigenvalue weighted by Crippen LogP contribution is 2.35. The number of hydrogen-bond donors (Lipinski definition) is 1. The molecule has 0 spiro atoms. The Bertz CT molecular complexity index is 1090. The molecule has 0 radical (unpaired) electrons. The van der Waals surface area contributed by atoms with Crippen LogP contribution in [0.1, 0.15) is 37.5 Å². The molecule has 1 heterocycles. The molecule has 1 N–H and O–H groups in total. The van der Waals surface area contributed by atoms with Crippen LogP contribution < -0.4 is 5.32 Å². The van der Waals surface area contributed by atoms with E-state index in [-0.39, 0.29) is 10.3 Å². The normalized spacial score (nSPS) is 16.1. The number of nitrogens with one attached hydrogen (secondary N) is 1. The summed E-state index contributed by atoms with van der Waals surface area (Å²) >= 11 is 0.681. The van der Waals surface area contributed by atoms with Crippen LogP contribution in [0.25, 0.3) is 6.08 Å². The molecule has 0 unspecified atom stereocenters. The van der Waals surface area contributed by atoms with Crippen molar-refractivity contribution in [3.05, 3.63) is 70.1 Å². The Balaban J connectivity index is 1.72.